The fourth-order valence-electron chi connectivity index (χ4n) is 2.11. The number of carbonyl (C=O) groups excluding carboxylic acids is 1. The Labute approximate surface area is 120 Å². The Kier molecular flexibility index (Phi) is 4.24. The molecule has 0 aromatic carbocycles. The molecule has 1 heterocycles. The number of anilines is 1. The lowest BCUT2D eigenvalue weighted by molar-refractivity contribution is -0.155. The second-order valence-electron chi connectivity index (χ2n) is 4.67. The van der Waals surface area contributed by atoms with Gasteiger partial charge in [-0.05, 0) is 6.92 Å². The van der Waals surface area contributed by atoms with E-state index in [0.29, 0.717) is 16.6 Å². The molecule has 2 rings (SSSR count). The number of aromatic nitrogens is 1. The Balaban J connectivity index is 2.03. The number of nitrogens with zero attached hydrogens (tertiary/aromatic N) is 1. The Morgan fingerprint density at radius 2 is 2.30 bits per heavy atom. The summed E-state index contributed by atoms with van der Waals surface area (Å²) in [6.45, 7) is 2.64. The van der Waals surface area contributed by atoms with Gasteiger partial charge >= 0.3 is 5.97 Å². The van der Waals surface area contributed by atoms with Crippen LogP contribution in [0.4, 0.5) is 5.13 Å². The molecule has 1 amide bonds. The quantitative estimate of drug-likeness (QED) is 0.722. The molecular weight excluding hydrogens is 282 g/mol. The van der Waals surface area contributed by atoms with Crippen molar-refractivity contribution in [2.75, 3.05) is 19.0 Å². The summed E-state index contributed by atoms with van der Waals surface area (Å²) in [5.41, 5.74) is -1.22. The number of hydrogen-bond acceptors (Lipinski definition) is 6. The molecule has 0 bridgehead atoms. The number of carbonyl (C=O) groups is 2. The normalized spacial score (nSPS) is 24.8. The van der Waals surface area contributed by atoms with Crippen molar-refractivity contribution in [1.82, 2.24) is 10.3 Å². The van der Waals surface area contributed by atoms with Gasteiger partial charge in [-0.15, -0.1) is 0 Å². The van der Waals surface area contributed by atoms with Crippen LogP contribution in [-0.2, 0) is 9.53 Å². The molecule has 1 aromatic heterocycles. The third-order valence-corrected chi connectivity index (χ3v) is 4.26. The standard InChI is InChI=1S/C12H17N3O4S/c1-3-13-11-14-6-8(20-11)9(16)15-12(10(17)18)4-7(5-12)19-2/h6-7H,3-5H2,1-2H3,(H,13,14)(H,15,16)(H,17,18). The number of carboxylic acids is 1. The molecule has 0 aliphatic heterocycles. The Morgan fingerprint density at radius 3 is 2.85 bits per heavy atom. The lowest BCUT2D eigenvalue weighted by atomic mass is 9.74. The highest BCUT2D eigenvalue weighted by atomic mass is 32.1. The number of rotatable bonds is 6. The van der Waals surface area contributed by atoms with E-state index >= 15 is 0 Å². The highest BCUT2D eigenvalue weighted by Crippen LogP contribution is 2.35. The number of aliphatic carboxylic acids is 1. The number of thiazole rings is 1. The minimum Gasteiger partial charge on any atom is -0.480 e. The second-order valence-corrected chi connectivity index (χ2v) is 5.70. The van der Waals surface area contributed by atoms with E-state index in [1.165, 1.54) is 24.6 Å². The highest BCUT2D eigenvalue weighted by molar-refractivity contribution is 7.17. The van der Waals surface area contributed by atoms with Crippen LogP contribution >= 0.6 is 11.3 Å². The predicted octanol–water partition coefficient (Wildman–Crippen LogP) is 0.937. The van der Waals surface area contributed by atoms with E-state index in [1.54, 1.807) is 0 Å². The first-order valence-corrected chi connectivity index (χ1v) is 7.11. The number of nitrogens with one attached hydrogen (secondary N) is 2. The maximum absolute atomic E-state index is 12.1. The van der Waals surface area contributed by atoms with Gasteiger partial charge in [-0.2, -0.15) is 0 Å². The van der Waals surface area contributed by atoms with Crippen molar-refractivity contribution in [1.29, 1.82) is 0 Å². The van der Waals surface area contributed by atoms with Crippen LogP contribution in [0.1, 0.15) is 29.4 Å². The van der Waals surface area contributed by atoms with Gasteiger partial charge in [0.2, 0.25) is 0 Å². The first-order chi connectivity index (χ1) is 9.50. The summed E-state index contributed by atoms with van der Waals surface area (Å²) in [5, 5.41) is 15.5. The highest BCUT2D eigenvalue weighted by Gasteiger charge is 2.52. The molecule has 20 heavy (non-hydrogen) atoms. The van der Waals surface area contributed by atoms with Crippen LogP contribution in [0.2, 0.25) is 0 Å². The number of carboxylic acid groups (broad SMARTS) is 1. The monoisotopic (exact) mass is 299 g/mol. The molecule has 0 unspecified atom stereocenters. The number of ether oxygens (including phenoxy) is 1. The Hall–Kier alpha value is -1.67. The number of methoxy groups -OCH3 is 1. The van der Waals surface area contributed by atoms with E-state index in [0.717, 1.165) is 0 Å². The third-order valence-electron chi connectivity index (χ3n) is 3.31. The molecule has 8 heteroatoms. The van der Waals surface area contributed by atoms with Crippen LogP contribution in [0, 0.1) is 0 Å². The summed E-state index contributed by atoms with van der Waals surface area (Å²) in [7, 11) is 1.53. The van der Waals surface area contributed by atoms with Gasteiger partial charge in [0, 0.05) is 26.5 Å². The lowest BCUT2D eigenvalue weighted by Crippen LogP contribution is -2.64. The summed E-state index contributed by atoms with van der Waals surface area (Å²) >= 11 is 1.20. The minimum atomic E-state index is -1.22. The van der Waals surface area contributed by atoms with Gasteiger partial charge in [-0.1, -0.05) is 11.3 Å². The van der Waals surface area contributed by atoms with E-state index in [1.807, 2.05) is 6.92 Å². The molecule has 1 aromatic rings. The van der Waals surface area contributed by atoms with Crippen molar-refractivity contribution >= 4 is 28.3 Å². The molecule has 0 atom stereocenters. The van der Waals surface area contributed by atoms with E-state index in [2.05, 4.69) is 15.6 Å². The maximum atomic E-state index is 12.1. The maximum Gasteiger partial charge on any atom is 0.329 e. The zero-order valence-corrected chi connectivity index (χ0v) is 12.1. The summed E-state index contributed by atoms with van der Waals surface area (Å²) in [5.74, 6) is -1.45. The zero-order chi connectivity index (χ0) is 14.8. The van der Waals surface area contributed by atoms with Crippen LogP contribution in [0.25, 0.3) is 0 Å². The largest absolute Gasteiger partial charge is 0.480 e. The molecule has 1 aliphatic carbocycles. The molecule has 3 N–H and O–H groups in total. The van der Waals surface area contributed by atoms with Crippen molar-refractivity contribution in [3.05, 3.63) is 11.1 Å². The van der Waals surface area contributed by atoms with Crippen molar-refractivity contribution < 1.29 is 19.4 Å². The Bertz CT molecular complexity index is 511. The molecule has 110 valence electrons. The van der Waals surface area contributed by atoms with Crippen LogP contribution in [-0.4, -0.2) is 47.3 Å². The topological polar surface area (TPSA) is 101 Å². The first kappa shape index (κ1) is 14.7. The molecular formula is C12H17N3O4S. The van der Waals surface area contributed by atoms with Gasteiger partial charge in [0.15, 0.2) is 5.13 Å². The smallest absolute Gasteiger partial charge is 0.329 e. The van der Waals surface area contributed by atoms with Gasteiger partial charge in [0.25, 0.3) is 5.91 Å². The molecule has 0 saturated heterocycles. The second kappa shape index (κ2) is 5.76. The van der Waals surface area contributed by atoms with Gasteiger partial charge in [-0.25, -0.2) is 9.78 Å². The number of amides is 1. The van der Waals surface area contributed by atoms with Crippen molar-refractivity contribution in [3.63, 3.8) is 0 Å². The molecule has 1 fully saturated rings. The summed E-state index contributed by atoms with van der Waals surface area (Å²) in [6.07, 6.45) is 1.89. The fourth-order valence-corrected chi connectivity index (χ4v) is 2.88. The lowest BCUT2D eigenvalue weighted by Gasteiger charge is -2.43. The van der Waals surface area contributed by atoms with Crippen molar-refractivity contribution in [2.45, 2.75) is 31.4 Å². The van der Waals surface area contributed by atoms with Crippen LogP contribution in [0.15, 0.2) is 6.20 Å². The van der Waals surface area contributed by atoms with Crippen LogP contribution in [0.3, 0.4) is 0 Å². The van der Waals surface area contributed by atoms with Gasteiger partial charge in [0.05, 0.1) is 12.3 Å². The van der Waals surface area contributed by atoms with Gasteiger partial charge < -0.3 is 20.5 Å². The molecule has 7 nitrogen and oxygen atoms in total. The Morgan fingerprint density at radius 1 is 1.60 bits per heavy atom. The summed E-state index contributed by atoms with van der Waals surface area (Å²) in [4.78, 5) is 27.9. The summed E-state index contributed by atoms with van der Waals surface area (Å²) < 4.78 is 5.08. The van der Waals surface area contributed by atoms with Crippen molar-refractivity contribution in [2.24, 2.45) is 0 Å². The molecule has 0 radical (unpaired) electrons. The van der Waals surface area contributed by atoms with Crippen LogP contribution < -0.4 is 10.6 Å². The molecule has 0 spiro atoms. The summed E-state index contributed by atoms with van der Waals surface area (Å²) in [6, 6.07) is 0. The predicted molar refractivity (Wildman–Crippen MR) is 74.1 cm³/mol. The van der Waals surface area contributed by atoms with Crippen molar-refractivity contribution in [3.8, 4) is 0 Å². The van der Waals surface area contributed by atoms with E-state index in [-0.39, 0.29) is 18.9 Å². The van der Waals surface area contributed by atoms with Gasteiger partial charge in [0.1, 0.15) is 10.4 Å². The minimum absolute atomic E-state index is 0.120. The van der Waals surface area contributed by atoms with Gasteiger partial charge in [-0.3, -0.25) is 4.79 Å². The van der Waals surface area contributed by atoms with E-state index < -0.39 is 17.4 Å². The van der Waals surface area contributed by atoms with E-state index in [9.17, 15) is 14.7 Å². The fraction of sp³-hybridized carbons (Fsp3) is 0.583. The average molecular weight is 299 g/mol. The van der Waals surface area contributed by atoms with Crippen LogP contribution in [0.5, 0.6) is 0 Å². The zero-order valence-electron chi connectivity index (χ0n) is 11.3. The third kappa shape index (κ3) is 2.75. The first-order valence-electron chi connectivity index (χ1n) is 6.29. The SMILES string of the molecule is CCNc1ncc(C(=O)NC2(C(=O)O)CC(OC)C2)s1. The molecule has 1 saturated carbocycles. The molecule has 1 aliphatic rings. The average Bonchev–Trinajstić information content (AvgIpc) is 2.81. The number of hydrogen-bond donors (Lipinski definition) is 3. The van der Waals surface area contributed by atoms with E-state index in [4.69, 9.17) is 4.74 Å².